The quantitative estimate of drug-likeness (QED) is 0.628. The van der Waals surface area contributed by atoms with Gasteiger partial charge in [-0.2, -0.15) is 0 Å². The van der Waals surface area contributed by atoms with E-state index >= 15 is 0 Å². The Balaban J connectivity index is 1.93. The lowest BCUT2D eigenvalue weighted by Crippen LogP contribution is -2.40. The minimum absolute atomic E-state index is 0.0867. The van der Waals surface area contributed by atoms with Crippen LogP contribution >= 0.6 is 11.3 Å². The number of hydrogen-bond donors (Lipinski definition) is 1. The molecule has 29 heavy (non-hydrogen) atoms. The molecule has 156 valence electrons. The third-order valence-corrected chi connectivity index (χ3v) is 5.83. The first-order chi connectivity index (χ1) is 13.8. The van der Waals surface area contributed by atoms with Gasteiger partial charge >= 0.3 is 5.97 Å². The second kappa shape index (κ2) is 10.8. The summed E-state index contributed by atoms with van der Waals surface area (Å²) in [5.41, 5.74) is 2.71. The van der Waals surface area contributed by atoms with Gasteiger partial charge < -0.3 is 15.0 Å². The molecule has 7 heteroatoms. The Morgan fingerprint density at radius 2 is 1.83 bits per heavy atom. The second-order valence-electron chi connectivity index (χ2n) is 6.82. The molecule has 0 radical (unpaired) electrons. The summed E-state index contributed by atoms with van der Waals surface area (Å²) < 4.78 is 5.20. The predicted molar refractivity (Wildman–Crippen MR) is 115 cm³/mol. The molecule has 1 aromatic heterocycles. The zero-order chi connectivity index (χ0) is 21.4. The number of aryl methyl sites for hydroxylation is 3. The molecular weight excluding hydrogens is 388 g/mol. The number of ether oxygens (including phenoxy) is 1. The SMILES string of the molecule is CCCN(CC(=O)Nc1ccccc1C)C(=O)COC(=O)c1cc(C)c(CC)s1. The molecule has 0 unspecified atom stereocenters. The summed E-state index contributed by atoms with van der Waals surface area (Å²) >= 11 is 1.39. The minimum atomic E-state index is -0.507. The fraction of sp³-hybridized carbons (Fsp3) is 0.409. The Kier molecular flexibility index (Phi) is 8.39. The average Bonchev–Trinajstić information content (AvgIpc) is 3.08. The molecule has 0 saturated heterocycles. The number of thiophene rings is 1. The number of nitrogens with one attached hydrogen (secondary N) is 1. The molecule has 2 rings (SSSR count). The van der Waals surface area contributed by atoms with Crippen molar-refractivity contribution < 1.29 is 19.1 Å². The van der Waals surface area contributed by atoms with Gasteiger partial charge in [-0.1, -0.05) is 32.0 Å². The Labute approximate surface area is 175 Å². The van der Waals surface area contributed by atoms with Gasteiger partial charge in [0.2, 0.25) is 5.91 Å². The predicted octanol–water partition coefficient (Wildman–Crippen LogP) is 3.96. The van der Waals surface area contributed by atoms with E-state index in [-0.39, 0.29) is 25.0 Å². The molecular formula is C22H28N2O4S. The molecule has 0 fully saturated rings. The van der Waals surface area contributed by atoms with Crippen LogP contribution in [0.25, 0.3) is 0 Å². The van der Waals surface area contributed by atoms with E-state index in [0.29, 0.717) is 23.5 Å². The van der Waals surface area contributed by atoms with Crippen molar-refractivity contribution in [3.05, 3.63) is 51.2 Å². The summed E-state index contributed by atoms with van der Waals surface area (Å²) in [7, 11) is 0. The molecule has 2 amide bonds. The molecule has 2 aromatic rings. The lowest BCUT2D eigenvalue weighted by atomic mass is 10.2. The number of amides is 2. The first-order valence-electron chi connectivity index (χ1n) is 9.75. The van der Waals surface area contributed by atoms with Crippen LogP contribution < -0.4 is 5.32 Å². The van der Waals surface area contributed by atoms with Crippen molar-refractivity contribution >= 4 is 34.8 Å². The lowest BCUT2D eigenvalue weighted by molar-refractivity contribution is -0.137. The summed E-state index contributed by atoms with van der Waals surface area (Å²) in [6, 6.07) is 9.24. The van der Waals surface area contributed by atoms with Crippen LogP contribution in [0.4, 0.5) is 5.69 Å². The van der Waals surface area contributed by atoms with Crippen molar-refractivity contribution in [3.63, 3.8) is 0 Å². The number of nitrogens with zero attached hydrogens (tertiary/aromatic N) is 1. The molecule has 1 N–H and O–H groups in total. The monoisotopic (exact) mass is 416 g/mol. The van der Waals surface area contributed by atoms with Crippen molar-refractivity contribution in [2.75, 3.05) is 25.0 Å². The van der Waals surface area contributed by atoms with Gasteiger partial charge in [0.1, 0.15) is 4.88 Å². The number of para-hydroxylation sites is 1. The van der Waals surface area contributed by atoms with E-state index in [9.17, 15) is 14.4 Å². The van der Waals surface area contributed by atoms with E-state index in [1.54, 1.807) is 6.07 Å². The molecule has 1 aromatic carbocycles. The summed E-state index contributed by atoms with van der Waals surface area (Å²) in [4.78, 5) is 40.2. The molecule has 1 heterocycles. The topological polar surface area (TPSA) is 75.7 Å². The first-order valence-corrected chi connectivity index (χ1v) is 10.6. The number of carbonyl (C=O) groups is 3. The molecule has 0 saturated carbocycles. The smallest absolute Gasteiger partial charge is 0.348 e. The number of rotatable bonds is 9. The maximum atomic E-state index is 12.5. The van der Waals surface area contributed by atoms with Crippen LogP contribution in [-0.4, -0.2) is 42.4 Å². The number of esters is 1. The Bertz CT molecular complexity index is 875. The van der Waals surface area contributed by atoms with Crippen LogP contribution in [0.1, 0.15) is 45.9 Å². The molecule has 0 spiro atoms. The highest BCUT2D eigenvalue weighted by atomic mass is 32.1. The van der Waals surface area contributed by atoms with E-state index in [0.717, 1.165) is 22.4 Å². The maximum absolute atomic E-state index is 12.5. The highest BCUT2D eigenvalue weighted by Crippen LogP contribution is 2.23. The van der Waals surface area contributed by atoms with Gasteiger partial charge in [0.15, 0.2) is 6.61 Å². The van der Waals surface area contributed by atoms with E-state index in [1.807, 2.05) is 52.0 Å². The van der Waals surface area contributed by atoms with Crippen molar-refractivity contribution in [2.45, 2.75) is 40.5 Å². The molecule has 0 aliphatic heterocycles. The van der Waals surface area contributed by atoms with Gasteiger partial charge in [-0.15, -0.1) is 11.3 Å². The van der Waals surface area contributed by atoms with Crippen LogP contribution in [-0.2, 0) is 20.7 Å². The van der Waals surface area contributed by atoms with Crippen LogP contribution in [0.5, 0.6) is 0 Å². The van der Waals surface area contributed by atoms with E-state index in [2.05, 4.69) is 5.32 Å². The van der Waals surface area contributed by atoms with E-state index < -0.39 is 5.97 Å². The van der Waals surface area contributed by atoms with Crippen molar-refractivity contribution in [3.8, 4) is 0 Å². The van der Waals surface area contributed by atoms with Crippen LogP contribution in [0.15, 0.2) is 30.3 Å². The van der Waals surface area contributed by atoms with Crippen LogP contribution in [0, 0.1) is 13.8 Å². The molecule has 0 bridgehead atoms. The normalized spacial score (nSPS) is 10.5. The van der Waals surface area contributed by atoms with E-state index in [4.69, 9.17) is 4.74 Å². The van der Waals surface area contributed by atoms with E-state index in [1.165, 1.54) is 16.2 Å². The zero-order valence-corrected chi connectivity index (χ0v) is 18.2. The Morgan fingerprint density at radius 3 is 2.45 bits per heavy atom. The van der Waals surface area contributed by atoms with Crippen molar-refractivity contribution in [1.29, 1.82) is 0 Å². The zero-order valence-electron chi connectivity index (χ0n) is 17.4. The maximum Gasteiger partial charge on any atom is 0.348 e. The molecule has 0 atom stereocenters. The van der Waals surface area contributed by atoms with Gasteiger partial charge in [-0.05, 0) is 49.9 Å². The fourth-order valence-corrected chi connectivity index (χ4v) is 3.91. The number of anilines is 1. The highest BCUT2D eigenvalue weighted by molar-refractivity contribution is 7.14. The van der Waals surface area contributed by atoms with Crippen LogP contribution in [0.3, 0.4) is 0 Å². The lowest BCUT2D eigenvalue weighted by Gasteiger charge is -2.21. The molecule has 0 aliphatic rings. The minimum Gasteiger partial charge on any atom is -0.451 e. The van der Waals surface area contributed by atoms with Gasteiger partial charge in [-0.25, -0.2) is 4.79 Å². The summed E-state index contributed by atoms with van der Waals surface area (Å²) in [5.74, 6) is -1.18. The van der Waals surface area contributed by atoms with Crippen molar-refractivity contribution in [2.24, 2.45) is 0 Å². The molecule has 0 aliphatic carbocycles. The van der Waals surface area contributed by atoms with Gasteiger partial charge in [0.05, 0.1) is 6.54 Å². The number of benzene rings is 1. The standard InChI is InChI=1S/C22H28N2O4S/c1-5-11-24(13-20(25)23-17-10-8-7-9-15(17)3)21(26)14-28-22(27)19-12-16(4)18(6-2)29-19/h7-10,12H,5-6,11,13-14H2,1-4H3,(H,23,25). The van der Waals surface area contributed by atoms with Gasteiger partial charge in [0, 0.05) is 17.1 Å². The number of carbonyl (C=O) groups excluding carboxylic acids is 3. The third kappa shape index (κ3) is 6.42. The number of hydrogen-bond acceptors (Lipinski definition) is 5. The van der Waals surface area contributed by atoms with Crippen LogP contribution in [0.2, 0.25) is 0 Å². The second-order valence-corrected chi connectivity index (χ2v) is 7.96. The molecule has 6 nitrogen and oxygen atoms in total. The van der Waals surface area contributed by atoms with Gasteiger partial charge in [0.25, 0.3) is 5.91 Å². The fourth-order valence-electron chi connectivity index (χ4n) is 2.90. The third-order valence-electron chi connectivity index (χ3n) is 4.47. The van der Waals surface area contributed by atoms with Gasteiger partial charge in [-0.3, -0.25) is 9.59 Å². The Morgan fingerprint density at radius 1 is 1.10 bits per heavy atom. The summed E-state index contributed by atoms with van der Waals surface area (Å²) in [5, 5.41) is 2.82. The summed E-state index contributed by atoms with van der Waals surface area (Å²) in [6.07, 6.45) is 1.55. The largest absolute Gasteiger partial charge is 0.451 e. The summed E-state index contributed by atoms with van der Waals surface area (Å²) in [6.45, 7) is 7.75. The highest BCUT2D eigenvalue weighted by Gasteiger charge is 2.20. The Hall–Kier alpha value is -2.67. The average molecular weight is 417 g/mol. The first kappa shape index (κ1) is 22.6. The van der Waals surface area contributed by atoms with Crippen molar-refractivity contribution in [1.82, 2.24) is 4.90 Å².